The second-order valence-corrected chi connectivity index (χ2v) is 6.95. The zero-order chi connectivity index (χ0) is 15.5. The van der Waals surface area contributed by atoms with Gasteiger partial charge in [-0.05, 0) is 67.6 Å². The van der Waals surface area contributed by atoms with E-state index in [1.54, 1.807) is 0 Å². The molecule has 22 heavy (non-hydrogen) atoms. The van der Waals surface area contributed by atoms with Crippen molar-refractivity contribution in [3.05, 3.63) is 74.7 Å². The Morgan fingerprint density at radius 3 is 2.50 bits per heavy atom. The highest BCUT2D eigenvalue weighted by molar-refractivity contribution is 9.13. The minimum atomic E-state index is 0.0785. The third-order valence-electron chi connectivity index (χ3n) is 3.75. The van der Waals surface area contributed by atoms with Gasteiger partial charge in [-0.1, -0.05) is 36.4 Å². The lowest BCUT2D eigenvalue weighted by Gasteiger charge is -2.28. The number of nitrogens with zero attached hydrogens (tertiary/aromatic N) is 1. The fraction of sp³-hybridized carbons (Fsp3) is 0.167. The number of hydrogen-bond acceptors (Lipinski definition) is 1. The van der Waals surface area contributed by atoms with Crippen LogP contribution in [0.4, 0.5) is 0 Å². The van der Waals surface area contributed by atoms with E-state index >= 15 is 0 Å². The Bertz CT molecular complexity index is 725. The minimum absolute atomic E-state index is 0.0785. The van der Waals surface area contributed by atoms with Crippen LogP contribution in [-0.4, -0.2) is 23.9 Å². The second kappa shape index (κ2) is 6.80. The van der Waals surface area contributed by atoms with Crippen LogP contribution in [0.2, 0.25) is 0 Å². The van der Waals surface area contributed by atoms with E-state index in [4.69, 9.17) is 0 Å². The minimum Gasteiger partial charge on any atom is -0.334 e. The van der Waals surface area contributed by atoms with Crippen LogP contribution in [0.25, 0.3) is 5.57 Å². The van der Waals surface area contributed by atoms with Crippen LogP contribution >= 0.6 is 31.9 Å². The zero-order valence-electron chi connectivity index (χ0n) is 11.9. The maximum absolute atomic E-state index is 12.7. The summed E-state index contributed by atoms with van der Waals surface area (Å²) in [5, 5.41) is 0. The highest BCUT2D eigenvalue weighted by Crippen LogP contribution is 2.26. The molecule has 0 unspecified atom stereocenters. The van der Waals surface area contributed by atoms with Gasteiger partial charge in [0.2, 0.25) is 0 Å². The lowest BCUT2D eigenvalue weighted by atomic mass is 10.0. The summed E-state index contributed by atoms with van der Waals surface area (Å²) in [4.78, 5) is 14.6. The molecule has 2 nitrogen and oxygen atoms in total. The van der Waals surface area contributed by atoms with Crippen LogP contribution in [0.15, 0.2) is 63.6 Å². The molecule has 0 N–H and O–H groups in total. The smallest absolute Gasteiger partial charge is 0.254 e. The molecule has 0 aromatic heterocycles. The molecule has 112 valence electrons. The first-order chi connectivity index (χ1) is 10.6. The molecule has 0 saturated carbocycles. The van der Waals surface area contributed by atoms with Gasteiger partial charge in [0.25, 0.3) is 5.91 Å². The number of rotatable bonds is 2. The van der Waals surface area contributed by atoms with Crippen molar-refractivity contribution < 1.29 is 4.79 Å². The number of benzene rings is 2. The number of amides is 1. The number of halogens is 2. The molecule has 1 aliphatic rings. The maximum Gasteiger partial charge on any atom is 0.254 e. The Morgan fingerprint density at radius 2 is 1.77 bits per heavy atom. The normalized spacial score (nSPS) is 14.6. The van der Waals surface area contributed by atoms with Gasteiger partial charge in [-0.3, -0.25) is 4.79 Å². The van der Waals surface area contributed by atoms with Crippen molar-refractivity contribution in [2.45, 2.75) is 6.42 Å². The SMILES string of the molecule is O=C(c1ccc(Br)c(Br)c1)N1CCC=C(c2ccccc2)C1. The van der Waals surface area contributed by atoms with Crippen LogP contribution in [0.3, 0.4) is 0 Å². The molecule has 2 aromatic rings. The second-order valence-electron chi connectivity index (χ2n) is 5.24. The first kappa shape index (κ1) is 15.5. The van der Waals surface area contributed by atoms with Crippen LogP contribution < -0.4 is 0 Å². The van der Waals surface area contributed by atoms with Crippen molar-refractivity contribution in [2.24, 2.45) is 0 Å². The molecule has 3 rings (SSSR count). The van der Waals surface area contributed by atoms with Gasteiger partial charge in [0.1, 0.15) is 0 Å². The van der Waals surface area contributed by atoms with Crippen molar-refractivity contribution >= 4 is 43.3 Å². The van der Waals surface area contributed by atoms with E-state index in [1.807, 2.05) is 41.3 Å². The molecule has 1 amide bonds. The molecular formula is C18H15Br2NO. The Morgan fingerprint density at radius 1 is 1.00 bits per heavy atom. The standard InChI is InChI=1S/C18H15Br2NO/c19-16-9-8-14(11-17(16)20)18(22)21-10-4-7-15(12-21)13-5-2-1-3-6-13/h1-3,5-9,11H,4,10,12H2. The van der Waals surface area contributed by atoms with E-state index in [0.717, 1.165) is 21.9 Å². The van der Waals surface area contributed by atoms with E-state index in [0.29, 0.717) is 12.1 Å². The number of carbonyl (C=O) groups is 1. The molecule has 2 aromatic carbocycles. The summed E-state index contributed by atoms with van der Waals surface area (Å²) in [5.41, 5.74) is 3.12. The highest BCUT2D eigenvalue weighted by Gasteiger charge is 2.20. The lowest BCUT2D eigenvalue weighted by Crippen LogP contribution is -2.35. The monoisotopic (exact) mass is 419 g/mol. The molecule has 4 heteroatoms. The lowest BCUT2D eigenvalue weighted by molar-refractivity contribution is 0.0774. The summed E-state index contributed by atoms with van der Waals surface area (Å²) in [5.74, 6) is 0.0785. The van der Waals surface area contributed by atoms with Crippen LogP contribution in [0.1, 0.15) is 22.3 Å². The fourth-order valence-corrected chi connectivity index (χ4v) is 3.22. The summed E-state index contributed by atoms with van der Waals surface area (Å²) >= 11 is 6.89. The van der Waals surface area contributed by atoms with Gasteiger partial charge in [0.15, 0.2) is 0 Å². The van der Waals surface area contributed by atoms with Crippen LogP contribution in [0, 0.1) is 0 Å². The molecule has 0 bridgehead atoms. The topological polar surface area (TPSA) is 20.3 Å². The molecule has 1 heterocycles. The first-order valence-electron chi connectivity index (χ1n) is 7.14. The van der Waals surface area contributed by atoms with Crippen molar-refractivity contribution in [3.8, 4) is 0 Å². The molecule has 0 spiro atoms. The molecule has 0 saturated heterocycles. The predicted molar refractivity (Wildman–Crippen MR) is 96.8 cm³/mol. The van der Waals surface area contributed by atoms with E-state index in [1.165, 1.54) is 11.1 Å². The van der Waals surface area contributed by atoms with Crippen LogP contribution in [0.5, 0.6) is 0 Å². The maximum atomic E-state index is 12.7. The van der Waals surface area contributed by atoms with Crippen molar-refractivity contribution in [1.82, 2.24) is 4.90 Å². The zero-order valence-corrected chi connectivity index (χ0v) is 15.1. The summed E-state index contributed by atoms with van der Waals surface area (Å²) in [6.45, 7) is 1.43. The van der Waals surface area contributed by atoms with E-state index < -0.39 is 0 Å². The molecule has 1 aliphatic heterocycles. The predicted octanol–water partition coefficient (Wildman–Crippen LogP) is 5.14. The Labute approximate surface area is 147 Å². The van der Waals surface area contributed by atoms with Crippen molar-refractivity contribution in [1.29, 1.82) is 0 Å². The van der Waals surface area contributed by atoms with Gasteiger partial charge < -0.3 is 4.90 Å². The third-order valence-corrected chi connectivity index (χ3v) is 5.63. The van der Waals surface area contributed by atoms with Gasteiger partial charge in [-0.25, -0.2) is 0 Å². The molecule has 0 fully saturated rings. The highest BCUT2D eigenvalue weighted by atomic mass is 79.9. The fourth-order valence-electron chi connectivity index (χ4n) is 2.59. The first-order valence-corrected chi connectivity index (χ1v) is 8.72. The summed E-state index contributed by atoms with van der Waals surface area (Å²) in [7, 11) is 0. The van der Waals surface area contributed by atoms with Gasteiger partial charge in [0, 0.05) is 27.6 Å². The number of carbonyl (C=O) groups excluding carboxylic acids is 1. The van der Waals surface area contributed by atoms with Crippen molar-refractivity contribution in [2.75, 3.05) is 13.1 Å². The molecule has 0 atom stereocenters. The Hall–Kier alpha value is -1.39. The molecular weight excluding hydrogens is 406 g/mol. The largest absolute Gasteiger partial charge is 0.334 e. The Kier molecular flexibility index (Phi) is 4.79. The molecule has 0 radical (unpaired) electrons. The van der Waals surface area contributed by atoms with Crippen LogP contribution in [-0.2, 0) is 0 Å². The van der Waals surface area contributed by atoms with E-state index in [2.05, 4.69) is 50.1 Å². The Balaban J connectivity index is 1.80. The average Bonchev–Trinajstić information content (AvgIpc) is 2.57. The number of hydrogen-bond donors (Lipinski definition) is 0. The average molecular weight is 421 g/mol. The molecule has 0 aliphatic carbocycles. The van der Waals surface area contributed by atoms with Gasteiger partial charge >= 0.3 is 0 Å². The van der Waals surface area contributed by atoms with E-state index in [-0.39, 0.29) is 5.91 Å². The van der Waals surface area contributed by atoms with Gasteiger partial charge in [-0.15, -0.1) is 0 Å². The quantitative estimate of drug-likeness (QED) is 0.658. The van der Waals surface area contributed by atoms with Gasteiger partial charge in [-0.2, -0.15) is 0 Å². The van der Waals surface area contributed by atoms with Gasteiger partial charge in [0.05, 0.1) is 0 Å². The van der Waals surface area contributed by atoms with E-state index in [9.17, 15) is 4.79 Å². The summed E-state index contributed by atoms with van der Waals surface area (Å²) < 4.78 is 1.85. The third kappa shape index (κ3) is 3.33. The summed E-state index contributed by atoms with van der Waals surface area (Å²) in [6, 6.07) is 15.9. The van der Waals surface area contributed by atoms with Crippen molar-refractivity contribution in [3.63, 3.8) is 0 Å². The summed E-state index contributed by atoms with van der Waals surface area (Å²) in [6.07, 6.45) is 3.13.